The number of halogens is 1. The van der Waals surface area contributed by atoms with Gasteiger partial charge >= 0.3 is 0 Å². The molecular weight excluding hydrogens is 312 g/mol. The lowest BCUT2D eigenvalue weighted by atomic mass is 10.1. The molecular formula is C18H19ClN2O2. The van der Waals surface area contributed by atoms with Gasteiger partial charge in [-0.1, -0.05) is 41.9 Å². The van der Waals surface area contributed by atoms with Crippen LogP contribution in [0.25, 0.3) is 0 Å². The lowest BCUT2D eigenvalue weighted by molar-refractivity contribution is 0.0650. The van der Waals surface area contributed by atoms with Gasteiger partial charge in [0.15, 0.2) is 0 Å². The third-order valence-electron chi connectivity index (χ3n) is 4.04. The maximum Gasteiger partial charge on any atom is 0.272 e. The number of pyridine rings is 1. The molecule has 1 aromatic heterocycles. The Kier molecular flexibility index (Phi) is 5.26. The van der Waals surface area contributed by atoms with Crippen LogP contribution >= 0.6 is 11.6 Å². The summed E-state index contributed by atoms with van der Waals surface area (Å²) in [6, 6.07) is 13.7. The molecule has 1 aromatic carbocycles. The monoisotopic (exact) mass is 330 g/mol. The Bertz CT molecular complexity index is 640. The van der Waals surface area contributed by atoms with Crippen molar-refractivity contribution in [1.29, 1.82) is 0 Å². The first-order valence-electron chi connectivity index (χ1n) is 7.78. The summed E-state index contributed by atoms with van der Waals surface area (Å²) in [5.74, 6) is -0.0619. The molecule has 1 saturated heterocycles. The van der Waals surface area contributed by atoms with Crippen molar-refractivity contribution >= 4 is 17.5 Å². The van der Waals surface area contributed by atoms with Crippen molar-refractivity contribution in [3.05, 3.63) is 64.9 Å². The fourth-order valence-corrected chi connectivity index (χ4v) is 2.87. The number of hydrogen-bond acceptors (Lipinski definition) is 3. The van der Waals surface area contributed by atoms with Gasteiger partial charge in [-0.25, -0.2) is 4.98 Å². The molecule has 4 nitrogen and oxygen atoms in total. The standard InChI is InChI=1S/C18H19ClN2O2/c19-15-6-7-17(20-12-15)18(22)21(16-9-11-23-13-16)10-8-14-4-2-1-3-5-14/h1-7,12,16H,8-11,13H2/t16-/m0/s1. The molecule has 0 N–H and O–H groups in total. The van der Waals surface area contributed by atoms with Gasteiger partial charge in [-0.2, -0.15) is 0 Å². The molecule has 1 amide bonds. The molecule has 0 saturated carbocycles. The molecule has 3 rings (SSSR count). The molecule has 1 fully saturated rings. The number of ether oxygens (including phenoxy) is 1. The number of amides is 1. The van der Waals surface area contributed by atoms with E-state index in [4.69, 9.17) is 16.3 Å². The van der Waals surface area contributed by atoms with Gasteiger partial charge in [0.2, 0.25) is 0 Å². The van der Waals surface area contributed by atoms with E-state index < -0.39 is 0 Å². The highest BCUT2D eigenvalue weighted by Gasteiger charge is 2.28. The molecule has 0 aliphatic carbocycles. The van der Waals surface area contributed by atoms with Crippen LogP contribution < -0.4 is 0 Å². The van der Waals surface area contributed by atoms with E-state index >= 15 is 0 Å². The van der Waals surface area contributed by atoms with Crippen molar-refractivity contribution in [3.8, 4) is 0 Å². The van der Waals surface area contributed by atoms with Crippen LogP contribution in [-0.2, 0) is 11.2 Å². The molecule has 1 atom stereocenters. The van der Waals surface area contributed by atoms with E-state index in [1.807, 2.05) is 23.1 Å². The zero-order valence-corrected chi connectivity index (χ0v) is 13.6. The molecule has 0 radical (unpaired) electrons. The summed E-state index contributed by atoms with van der Waals surface area (Å²) in [5, 5.41) is 0.529. The summed E-state index contributed by atoms with van der Waals surface area (Å²) in [6.07, 6.45) is 3.19. The number of carbonyl (C=O) groups excluding carboxylic acids is 1. The van der Waals surface area contributed by atoms with Crippen LogP contribution in [0.3, 0.4) is 0 Å². The third kappa shape index (κ3) is 4.09. The van der Waals surface area contributed by atoms with Gasteiger partial charge in [0.05, 0.1) is 17.7 Å². The molecule has 23 heavy (non-hydrogen) atoms. The third-order valence-corrected chi connectivity index (χ3v) is 4.26. The molecule has 0 unspecified atom stereocenters. The van der Waals surface area contributed by atoms with Gasteiger partial charge in [-0.05, 0) is 30.5 Å². The predicted molar refractivity (Wildman–Crippen MR) is 89.7 cm³/mol. The lowest BCUT2D eigenvalue weighted by Crippen LogP contribution is -2.42. The Morgan fingerprint density at radius 1 is 1.26 bits per heavy atom. The minimum absolute atomic E-state index is 0.0619. The summed E-state index contributed by atoms with van der Waals surface area (Å²) in [7, 11) is 0. The first-order chi connectivity index (χ1) is 11.2. The quantitative estimate of drug-likeness (QED) is 0.845. The van der Waals surface area contributed by atoms with Crippen LogP contribution in [0.1, 0.15) is 22.5 Å². The van der Waals surface area contributed by atoms with Crippen molar-refractivity contribution in [2.45, 2.75) is 18.9 Å². The molecule has 0 bridgehead atoms. The van der Waals surface area contributed by atoms with E-state index in [0.717, 1.165) is 12.8 Å². The number of nitrogens with zero attached hydrogens (tertiary/aromatic N) is 2. The predicted octanol–water partition coefficient (Wildman–Crippen LogP) is 3.21. The summed E-state index contributed by atoms with van der Waals surface area (Å²) in [6.45, 7) is 1.95. The first kappa shape index (κ1) is 16.0. The molecule has 120 valence electrons. The Morgan fingerprint density at radius 2 is 2.09 bits per heavy atom. The zero-order valence-electron chi connectivity index (χ0n) is 12.8. The van der Waals surface area contributed by atoms with Crippen molar-refractivity contribution in [2.75, 3.05) is 19.8 Å². The Balaban J connectivity index is 1.74. The lowest BCUT2D eigenvalue weighted by Gasteiger charge is -2.28. The van der Waals surface area contributed by atoms with Crippen molar-refractivity contribution < 1.29 is 9.53 Å². The summed E-state index contributed by atoms with van der Waals surface area (Å²) in [4.78, 5) is 18.9. The normalized spacial score (nSPS) is 17.2. The highest BCUT2D eigenvalue weighted by atomic mass is 35.5. The molecule has 1 aliphatic rings. The highest BCUT2D eigenvalue weighted by molar-refractivity contribution is 6.30. The summed E-state index contributed by atoms with van der Waals surface area (Å²) in [5.41, 5.74) is 1.64. The number of rotatable bonds is 5. The molecule has 2 heterocycles. The maximum atomic E-state index is 12.8. The van der Waals surface area contributed by atoms with Gasteiger partial charge in [0.25, 0.3) is 5.91 Å². The number of aromatic nitrogens is 1. The van der Waals surface area contributed by atoms with Crippen molar-refractivity contribution in [2.24, 2.45) is 0 Å². The van der Waals surface area contributed by atoms with E-state index in [1.165, 1.54) is 11.8 Å². The second kappa shape index (κ2) is 7.57. The van der Waals surface area contributed by atoms with Crippen molar-refractivity contribution in [1.82, 2.24) is 9.88 Å². The van der Waals surface area contributed by atoms with Gasteiger partial charge < -0.3 is 9.64 Å². The van der Waals surface area contributed by atoms with Crippen LogP contribution in [0, 0.1) is 0 Å². The van der Waals surface area contributed by atoms with E-state index in [9.17, 15) is 4.79 Å². The highest BCUT2D eigenvalue weighted by Crippen LogP contribution is 2.17. The van der Waals surface area contributed by atoms with Crippen LogP contribution in [0.4, 0.5) is 0 Å². The fraction of sp³-hybridized carbons (Fsp3) is 0.333. The zero-order chi connectivity index (χ0) is 16.1. The van der Waals surface area contributed by atoms with Gasteiger partial charge in [-0.3, -0.25) is 4.79 Å². The Morgan fingerprint density at radius 3 is 2.74 bits per heavy atom. The van der Waals surface area contributed by atoms with E-state index in [-0.39, 0.29) is 11.9 Å². The minimum atomic E-state index is -0.0619. The largest absolute Gasteiger partial charge is 0.379 e. The Labute approximate surface area is 141 Å². The number of hydrogen-bond donors (Lipinski definition) is 0. The maximum absolute atomic E-state index is 12.8. The average molecular weight is 331 g/mol. The van der Waals surface area contributed by atoms with Crippen LogP contribution in [-0.4, -0.2) is 41.6 Å². The number of carbonyl (C=O) groups is 1. The molecule has 2 aromatic rings. The molecule has 5 heteroatoms. The fourth-order valence-electron chi connectivity index (χ4n) is 2.76. The molecule has 1 aliphatic heterocycles. The SMILES string of the molecule is O=C(c1ccc(Cl)cn1)N(CCc1ccccc1)[C@H]1CCOC1. The van der Waals surface area contributed by atoms with Crippen molar-refractivity contribution in [3.63, 3.8) is 0 Å². The van der Waals surface area contributed by atoms with Gasteiger partial charge in [-0.15, -0.1) is 0 Å². The number of benzene rings is 1. The van der Waals surface area contributed by atoms with E-state index in [0.29, 0.717) is 30.5 Å². The first-order valence-corrected chi connectivity index (χ1v) is 8.16. The van der Waals surface area contributed by atoms with Gasteiger partial charge in [0, 0.05) is 19.3 Å². The van der Waals surface area contributed by atoms with Crippen LogP contribution in [0.5, 0.6) is 0 Å². The average Bonchev–Trinajstić information content (AvgIpc) is 3.11. The van der Waals surface area contributed by atoms with E-state index in [2.05, 4.69) is 17.1 Å². The van der Waals surface area contributed by atoms with Crippen LogP contribution in [0.2, 0.25) is 5.02 Å². The molecule has 0 spiro atoms. The Hall–Kier alpha value is -1.91. The summed E-state index contributed by atoms with van der Waals surface area (Å²) >= 11 is 5.86. The second-order valence-corrected chi connectivity index (χ2v) is 6.05. The topological polar surface area (TPSA) is 42.4 Å². The van der Waals surface area contributed by atoms with Gasteiger partial charge in [0.1, 0.15) is 5.69 Å². The summed E-state index contributed by atoms with van der Waals surface area (Å²) < 4.78 is 5.46. The van der Waals surface area contributed by atoms with E-state index in [1.54, 1.807) is 12.1 Å². The van der Waals surface area contributed by atoms with Crippen LogP contribution in [0.15, 0.2) is 48.7 Å². The smallest absolute Gasteiger partial charge is 0.272 e. The minimum Gasteiger partial charge on any atom is -0.379 e. The second-order valence-electron chi connectivity index (χ2n) is 5.61.